The van der Waals surface area contributed by atoms with Crippen LogP contribution in [-0.2, 0) is 11.2 Å². The zero-order valence-corrected chi connectivity index (χ0v) is 12.3. The number of hydrazine groups is 1. The van der Waals surface area contributed by atoms with Crippen LogP contribution >= 0.6 is 15.9 Å². The van der Waals surface area contributed by atoms with Gasteiger partial charge in [0.2, 0.25) is 0 Å². The summed E-state index contributed by atoms with van der Waals surface area (Å²) >= 11 is 3.24. The van der Waals surface area contributed by atoms with Gasteiger partial charge in [-0.3, -0.25) is 11.3 Å². The third kappa shape index (κ3) is 5.02. The molecule has 0 radical (unpaired) electrons. The van der Waals surface area contributed by atoms with Crippen molar-refractivity contribution in [3.63, 3.8) is 0 Å². The van der Waals surface area contributed by atoms with Gasteiger partial charge in [-0.05, 0) is 43.9 Å². The summed E-state index contributed by atoms with van der Waals surface area (Å²) in [4.78, 5) is 0. The van der Waals surface area contributed by atoms with Gasteiger partial charge in [-0.2, -0.15) is 0 Å². The van der Waals surface area contributed by atoms with E-state index in [1.165, 1.54) is 6.07 Å². The van der Waals surface area contributed by atoms with Crippen molar-refractivity contribution in [2.45, 2.75) is 38.3 Å². The molecule has 0 saturated heterocycles. The van der Waals surface area contributed by atoms with Crippen LogP contribution in [0.15, 0.2) is 22.7 Å². The average Bonchev–Trinajstić information content (AvgIpc) is 2.36. The molecule has 0 aliphatic rings. The summed E-state index contributed by atoms with van der Waals surface area (Å²) in [6.45, 7) is 2.01. The highest BCUT2D eigenvalue weighted by Crippen LogP contribution is 2.18. The molecular formula is C13H20BrFN2O. The topological polar surface area (TPSA) is 47.3 Å². The van der Waals surface area contributed by atoms with Crippen LogP contribution in [0.5, 0.6) is 0 Å². The number of halogens is 2. The first-order valence-corrected chi connectivity index (χ1v) is 6.79. The number of nitrogens with one attached hydrogen (secondary N) is 1. The van der Waals surface area contributed by atoms with Gasteiger partial charge in [0.05, 0.1) is 6.10 Å². The highest BCUT2D eigenvalue weighted by molar-refractivity contribution is 9.10. The molecule has 0 bridgehead atoms. The van der Waals surface area contributed by atoms with Crippen LogP contribution in [0, 0.1) is 5.82 Å². The molecule has 102 valence electrons. The summed E-state index contributed by atoms with van der Waals surface area (Å²) in [5.41, 5.74) is 3.41. The molecule has 0 aromatic heterocycles. The van der Waals surface area contributed by atoms with E-state index in [0.717, 1.165) is 17.3 Å². The second kappa shape index (κ2) is 7.84. The monoisotopic (exact) mass is 318 g/mol. The van der Waals surface area contributed by atoms with Crippen molar-refractivity contribution in [1.82, 2.24) is 5.43 Å². The second-order valence-electron chi connectivity index (χ2n) is 4.43. The Morgan fingerprint density at radius 1 is 1.44 bits per heavy atom. The summed E-state index contributed by atoms with van der Waals surface area (Å²) in [5, 5.41) is 0. The number of methoxy groups -OCH3 is 1. The van der Waals surface area contributed by atoms with Gasteiger partial charge < -0.3 is 4.74 Å². The van der Waals surface area contributed by atoms with E-state index in [1.54, 1.807) is 13.2 Å². The quantitative estimate of drug-likeness (QED) is 0.600. The molecule has 0 fully saturated rings. The van der Waals surface area contributed by atoms with Crippen molar-refractivity contribution in [1.29, 1.82) is 0 Å². The lowest BCUT2D eigenvalue weighted by Gasteiger charge is -2.18. The van der Waals surface area contributed by atoms with Crippen LogP contribution in [0.1, 0.15) is 25.3 Å². The van der Waals surface area contributed by atoms with E-state index in [1.807, 2.05) is 13.0 Å². The Balaban J connectivity index is 2.56. The second-order valence-corrected chi connectivity index (χ2v) is 5.34. The lowest BCUT2D eigenvalue weighted by molar-refractivity contribution is 0.106. The molecule has 18 heavy (non-hydrogen) atoms. The summed E-state index contributed by atoms with van der Waals surface area (Å²) < 4.78 is 19.6. The van der Waals surface area contributed by atoms with Crippen LogP contribution < -0.4 is 11.3 Å². The number of rotatable bonds is 7. The molecule has 5 heteroatoms. The largest absolute Gasteiger partial charge is 0.382 e. The molecule has 3 nitrogen and oxygen atoms in total. The fraction of sp³-hybridized carbons (Fsp3) is 0.538. The number of nitrogens with two attached hydrogens (primary N) is 1. The molecule has 0 aliphatic carbocycles. The summed E-state index contributed by atoms with van der Waals surface area (Å²) in [6, 6.07) is 5.15. The Hall–Kier alpha value is -0.490. The molecule has 0 amide bonds. The Morgan fingerprint density at radius 2 is 2.17 bits per heavy atom. The lowest BCUT2D eigenvalue weighted by atomic mass is 10.0. The van der Waals surface area contributed by atoms with Crippen molar-refractivity contribution < 1.29 is 9.13 Å². The number of benzene rings is 1. The lowest BCUT2D eigenvalue weighted by Crippen LogP contribution is -2.37. The van der Waals surface area contributed by atoms with Gasteiger partial charge in [-0.15, -0.1) is 0 Å². The Kier molecular flexibility index (Phi) is 6.78. The van der Waals surface area contributed by atoms with E-state index in [0.29, 0.717) is 12.0 Å². The fourth-order valence-corrected chi connectivity index (χ4v) is 2.08. The number of hydrogen-bond acceptors (Lipinski definition) is 3. The molecule has 2 unspecified atom stereocenters. The third-order valence-electron chi connectivity index (χ3n) is 3.04. The molecule has 0 heterocycles. The first-order valence-electron chi connectivity index (χ1n) is 5.99. The van der Waals surface area contributed by atoms with Gasteiger partial charge in [0.15, 0.2) is 0 Å². The Labute approximate surface area is 116 Å². The zero-order chi connectivity index (χ0) is 13.5. The van der Waals surface area contributed by atoms with E-state index in [9.17, 15) is 4.39 Å². The van der Waals surface area contributed by atoms with Crippen molar-refractivity contribution in [3.8, 4) is 0 Å². The maximum absolute atomic E-state index is 13.7. The van der Waals surface area contributed by atoms with Gasteiger partial charge in [-0.25, -0.2) is 4.39 Å². The van der Waals surface area contributed by atoms with Crippen LogP contribution in [0.2, 0.25) is 0 Å². The molecule has 1 aromatic rings. The molecule has 0 aliphatic heterocycles. The summed E-state index contributed by atoms with van der Waals surface area (Å²) in [6.07, 6.45) is 2.51. The molecule has 0 saturated carbocycles. The highest BCUT2D eigenvalue weighted by Gasteiger charge is 2.12. The molecule has 1 rings (SSSR count). The predicted octanol–water partition coefficient (Wildman–Crippen LogP) is 2.78. The van der Waals surface area contributed by atoms with E-state index < -0.39 is 0 Å². The number of ether oxygens (including phenoxy) is 1. The third-order valence-corrected chi connectivity index (χ3v) is 3.53. The Morgan fingerprint density at radius 3 is 2.72 bits per heavy atom. The van der Waals surface area contributed by atoms with Crippen LogP contribution in [-0.4, -0.2) is 19.3 Å². The first-order chi connectivity index (χ1) is 8.56. The van der Waals surface area contributed by atoms with Crippen molar-refractivity contribution in [2.75, 3.05) is 7.11 Å². The zero-order valence-electron chi connectivity index (χ0n) is 10.7. The van der Waals surface area contributed by atoms with Crippen molar-refractivity contribution in [2.24, 2.45) is 5.84 Å². The number of hydrogen-bond donors (Lipinski definition) is 2. The maximum Gasteiger partial charge on any atom is 0.127 e. The standard InChI is InChI=1S/C13H20BrFN2O/c1-9(18-2)3-6-12(17-16)7-10-4-5-11(14)8-13(10)15/h4-5,8-9,12,17H,3,6-7,16H2,1-2H3. The van der Waals surface area contributed by atoms with Crippen LogP contribution in [0.3, 0.4) is 0 Å². The maximum atomic E-state index is 13.7. The fourth-order valence-electron chi connectivity index (χ4n) is 1.75. The summed E-state index contributed by atoms with van der Waals surface area (Å²) in [7, 11) is 1.68. The first kappa shape index (κ1) is 15.6. The van der Waals surface area contributed by atoms with E-state index in [2.05, 4.69) is 21.4 Å². The van der Waals surface area contributed by atoms with E-state index in [4.69, 9.17) is 10.6 Å². The molecule has 0 spiro atoms. The predicted molar refractivity (Wildman–Crippen MR) is 74.6 cm³/mol. The van der Waals surface area contributed by atoms with Crippen LogP contribution in [0.25, 0.3) is 0 Å². The average molecular weight is 319 g/mol. The van der Waals surface area contributed by atoms with Gasteiger partial charge in [0, 0.05) is 17.6 Å². The minimum absolute atomic E-state index is 0.0540. The minimum Gasteiger partial charge on any atom is -0.382 e. The van der Waals surface area contributed by atoms with Crippen molar-refractivity contribution >= 4 is 15.9 Å². The normalized spacial score (nSPS) is 14.5. The van der Waals surface area contributed by atoms with Gasteiger partial charge in [0.1, 0.15) is 5.82 Å². The van der Waals surface area contributed by atoms with Crippen LogP contribution in [0.4, 0.5) is 4.39 Å². The smallest absolute Gasteiger partial charge is 0.127 e. The van der Waals surface area contributed by atoms with Crippen molar-refractivity contribution in [3.05, 3.63) is 34.1 Å². The van der Waals surface area contributed by atoms with E-state index >= 15 is 0 Å². The molecular weight excluding hydrogens is 299 g/mol. The van der Waals surface area contributed by atoms with Gasteiger partial charge >= 0.3 is 0 Å². The highest BCUT2D eigenvalue weighted by atomic mass is 79.9. The minimum atomic E-state index is -0.204. The van der Waals surface area contributed by atoms with E-state index in [-0.39, 0.29) is 18.0 Å². The molecule has 1 aromatic carbocycles. The summed E-state index contributed by atoms with van der Waals surface area (Å²) in [5.74, 6) is 5.30. The van der Waals surface area contributed by atoms with Gasteiger partial charge in [0.25, 0.3) is 0 Å². The molecule has 3 N–H and O–H groups in total. The Bertz CT molecular complexity index is 376. The SMILES string of the molecule is COC(C)CCC(Cc1ccc(Br)cc1F)NN. The molecule has 2 atom stereocenters. The van der Waals surface area contributed by atoms with Gasteiger partial charge in [-0.1, -0.05) is 22.0 Å².